The standard InChI is InChI=1S/C20H27N5O4/c1-4-25(2)20(27)29-15-6-5-14(11-15)16-12-17(24-23-16)22-18(26)9-13-7-8-21-19(10-13)28-3/h7-8,10,12,14-15H,4-6,9,11H2,1-3H3,(H2,22,23,24,26)/t14-,15+/m1/s1. The minimum atomic E-state index is -0.288. The molecule has 0 aliphatic heterocycles. The summed E-state index contributed by atoms with van der Waals surface area (Å²) in [5.74, 6) is 1.01. The lowest BCUT2D eigenvalue weighted by molar-refractivity contribution is -0.115. The maximum absolute atomic E-state index is 12.3. The van der Waals surface area contributed by atoms with Gasteiger partial charge in [-0.05, 0) is 37.8 Å². The van der Waals surface area contributed by atoms with E-state index in [1.807, 2.05) is 13.0 Å². The third kappa shape index (κ3) is 5.46. The Bertz CT molecular complexity index is 853. The highest BCUT2D eigenvalue weighted by atomic mass is 16.6. The zero-order valence-electron chi connectivity index (χ0n) is 17.0. The van der Waals surface area contributed by atoms with Gasteiger partial charge in [0.25, 0.3) is 0 Å². The number of aromatic amines is 1. The van der Waals surface area contributed by atoms with Crippen LogP contribution in [0.1, 0.15) is 43.4 Å². The summed E-state index contributed by atoms with van der Waals surface area (Å²) in [4.78, 5) is 29.8. The molecule has 0 aromatic carbocycles. The average Bonchev–Trinajstić information content (AvgIpc) is 3.36. The van der Waals surface area contributed by atoms with E-state index in [9.17, 15) is 9.59 Å². The van der Waals surface area contributed by atoms with E-state index in [1.165, 1.54) is 7.11 Å². The Kier molecular flexibility index (Phi) is 6.69. The Morgan fingerprint density at radius 2 is 2.17 bits per heavy atom. The van der Waals surface area contributed by atoms with Crippen LogP contribution in [0, 0.1) is 0 Å². The molecule has 2 heterocycles. The molecule has 0 unspecified atom stereocenters. The molecule has 9 nitrogen and oxygen atoms in total. The Balaban J connectivity index is 1.51. The van der Waals surface area contributed by atoms with E-state index < -0.39 is 0 Å². The van der Waals surface area contributed by atoms with Gasteiger partial charge in [-0.15, -0.1) is 0 Å². The lowest BCUT2D eigenvalue weighted by Crippen LogP contribution is -2.30. The number of H-pyrrole nitrogens is 1. The SMILES string of the molecule is CCN(C)C(=O)O[C@H]1CC[C@@H](c2cc(NC(=O)Cc3ccnc(OC)c3)n[nH]2)C1. The van der Waals surface area contributed by atoms with Crippen LogP contribution in [0.15, 0.2) is 24.4 Å². The maximum Gasteiger partial charge on any atom is 0.409 e. The van der Waals surface area contributed by atoms with Crippen LogP contribution >= 0.6 is 0 Å². The van der Waals surface area contributed by atoms with Gasteiger partial charge in [0.1, 0.15) is 6.10 Å². The lowest BCUT2D eigenvalue weighted by Gasteiger charge is -2.18. The molecule has 3 rings (SSSR count). The van der Waals surface area contributed by atoms with Crippen LogP contribution in [-0.4, -0.2) is 58.9 Å². The molecule has 29 heavy (non-hydrogen) atoms. The molecule has 2 aromatic rings. The summed E-state index contributed by atoms with van der Waals surface area (Å²) >= 11 is 0. The molecule has 1 saturated carbocycles. The van der Waals surface area contributed by atoms with Crippen molar-refractivity contribution < 1.29 is 19.1 Å². The summed E-state index contributed by atoms with van der Waals surface area (Å²) in [5, 5.41) is 9.99. The van der Waals surface area contributed by atoms with Crippen molar-refractivity contribution in [3.63, 3.8) is 0 Å². The highest BCUT2D eigenvalue weighted by Crippen LogP contribution is 2.36. The molecule has 9 heteroatoms. The number of nitrogens with zero attached hydrogens (tertiary/aromatic N) is 3. The second kappa shape index (κ2) is 9.40. The van der Waals surface area contributed by atoms with Crippen molar-refractivity contribution in [3.05, 3.63) is 35.7 Å². The van der Waals surface area contributed by atoms with Crippen LogP contribution < -0.4 is 10.1 Å². The molecule has 2 amide bonds. The molecular weight excluding hydrogens is 374 g/mol. The summed E-state index contributed by atoms with van der Waals surface area (Å²) in [6, 6.07) is 5.34. The Morgan fingerprint density at radius 3 is 2.93 bits per heavy atom. The van der Waals surface area contributed by atoms with Crippen LogP contribution in [0.4, 0.5) is 10.6 Å². The molecule has 0 bridgehead atoms. The number of aromatic nitrogens is 3. The summed E-state index contributed by atoms with van der Waals surface area (Å²) < 4.78 is 10.6. The molecule has 1 aliphatic carbocycles. The maximum atomic E-state index is 12.3. The van der Waals surface area contributed by atoms with Crippen molar-refractivity contribution in [1.29, 1.82) is 0 Å². The zero-order chi connectivity index (χ0) is 20.8. The molecule has 2 aromatic heterocycles. The molecule has 1 fully saturated rings. The first-order chi connectivity index (χ1) is 14.0. The van der Waals surface area contributed by atoms with Gasteiger partial charge in [0.05, 0.1) is 13.5 Å². The topological polar surface area (TPSA) is 109 Å². The quantitative estimate of drug-likeness (QED) is 0.738. The second-order valence-electron chi connectivity index (χ2n) is 7.17. The van der Waals surface area contributed by atoms with E-state index in [2.05, 4.69) is 20.5 Å². The van der Waals surface area contributed by atoms with Gasteiger partial charge in [-0.2, -0.15) is 5.10 Å². The Morgan fingerprint density at radius 1 is 1.34 bits per heavy atom. The third-order valence-electron chi connectivity index (χ3n) is 5.12. The molecule has 156 valence electrons. The van der Waals surface area contributed by atoms with Crippen molar-refractivity contribution in [2.75, 3.05) is 26.0 Å². The van der Waals surface area contributed by atoms with Gasteiger partial charge in [0.15, 0.2) is 5.82 Å². The van der Waals surface area contributed by atoms with Gasteiger partial charge >= 0.3 is 6.09 Å². The highest BCUT2D eigenvalue weighted by Gasteiger charge is 2.30. The summed E-state index contributed by atoms with van der Waals surface area (Å²) in [5.41, 5.74) is 1.75. The minimum absolute atomic E-state index is 0.0930. The van der Waals surface area contributed by atoms with Crippen molar-refractivity contribution in [2.45, 2.75) is 44.6 Å². The van der Waals surface area contributed by atoms with Crippen molar-refractivity contribution in [2.24, 2.45) is 0 Å². The number of nitrogens with one attached hydrogen (secondary N) is 2. The van der Waals surface area contributed by atoms with E-state index in [1.54, 1.807) is 30.3 Å². The smallest absolute Gasteiger partial charge is 0.409 e. The van der Waals surface area contributed by atoms with E-state index >= 15 is 0 Å². The summed E-state index contributed by atoms with van der Waals surface area (Å²) in [6.07, 6.45) is 3.89. The molecule has 0 spiro atoms. The normalized spacial score (nSPS) is 18.3. The zero-order valence-corrected chi connectivity index (χ0v) is 17.0. The molecule has 2 atom stereocenters. The summed E-state index contributed by atoms with van der Waals surface area (Å²) in [6.45, 7) is 2.52. The fraction of sp³-hybridized carbons (Fsp3) is 0.500. The number of carbonyl (C=O) groups is 2. The van der Waals surface area contributed by atoms with Gasteiger partial charge in [0, 0.05) is 43.5 Å². The fourth-order valence-electron chi connectivity index (χ4n) is 3.35. The number of amides is 2. The van der Waals surface area contributed by atoms with E-state index in [-0.39, 0.29) is 30.4 Å². The van der Waals surface area contributed by atoms with Gasteiger partial charge in [-0.1, -0.05) is 0 Å². The first-order valence-corrected chi connectivity index (χ1v) is 9.74. The lowest BCUT2D eigenvalue weighted by atomic mass is 10.0. The predicted molar refractivity (Wildman–Crippen MR) is 107 cm³/mol. The molecule has 2 N–H and O–H groups in total. The van der Waals surface area contributed by atoms with Crippen LogP contribution in [-0.2, 0) is 16.0 Å². The molecule has 0 radical (unpaired) electrons. The van der Waals surface area contributed by atoms with Crippen molar-refractivity contribution in [1.82, 2.24) is 20.1 Å². The highest BCUT2D eigenvalue weighted by molar-refractivity contribution is 5.91. The van der Waals surface area contributed by atoms with Crippen LogP contribution in [0.25, 0.3) is 0 Å². The number of rotatable bonds is 7. The summed E-state index contributed by atoms with van der Waals surface area (Å²) in [7, 11) is 3.26. The Labute approximate surface area is 169 Å². The van der Waals surface area contributed by atoms with Gasteiger partial charge in [-0.25, -0.2) is 9.78 Å². The minimum Gasteiger partial charge on any atom is -0.481 e. The number of hydrogen-bond acceptors (Lipinski definition) is 6. The van der Waals surface area contributed by atoms with Crippen LogP contribution in [0.5, 0.6) is 5.88 Å². The van der Waals surface area contributed by atoms with Crippen molar-refractivity contribution >= 4 is 17.8 Å². The van der Waals surface area contributed by atoms with Gasteiger partial charge < -0.3 is 19.7 Å². The predicted octanol–water partition coefficient (Wildman–Crippen LogP) is 2.72. The van der Waals surface area contributed by atoms with Gasteiger partial charge in [-0.3, -0.25) is 9.89 Å². The third-order valence-corrected chi connectivity index (χ3v) is 5.12. The van der Waals surface area contributed by atoms with E-state index in [4.69, 9.17) is 9.47 Å². The van der Waals surface area contributed by atoms with Crippen LogP contribution in [0.3, 0.4) is 0 Å². The van der Waals surface area contributed by atoms with Gasteiger partial charge in [0.2, 0.25) is 11.8 Å². The largest absolute Gasteiger partial charge is 0.481 e. The van der Waals surface area contributed by atoms with E-state index in [0.29, 0.717) is 18.2 Å². The first-order valence-electron chi connectivity index (χ1n) is 9.74. The van der Waals surface area contributed by atoms with Crippen LogP contribution in [0.2, 0.25) is 0 Å². The first kappa shape index (κ1) is 20.6. The number of methoxy groups -OCH3 is 1. The number of anilines is 1. The molecule has 0 saturated heterocycles. The second-order valence-corrected chi connectivity index (χ2v) is 7.17. The fourth-order valence-corrected chi connectivity index (χ4v) is 3.35. The van der Waals surface area contributed by atoms with E-state index in [0.717, 1.165) is 30.5 Å². The number of pyridine rings is 1. The number of carbonyl (C=O) groups excluding carboxylic acids is 2. The average molecular weight is 401 g/mol. The Hall–Kier alpha value is -3.10. The molecular formula is C20H27N5O4. The number of hydrogen-bond donors (Lipinski definition) is 2. The molecule has 1 aliphatic rings. The number of ether oxygens (including phenoxy) is 2. The van der Waals surface area contributed by atoms with Crippen molar-refractivity contribution in [3.8, 4) is 5.88 Å². The monoisotopic (exact) mass is 401 g/mol.